The average molecular weight is 377 g/mol. The number of carbonyl (C=O) groups excluding carboxylic acids is 1. The Balaban J connectivity index is 1.55. The first-order valence-corrected chi connectivity index (χ1v) is 10.1. The van der Waals surface area contributed by atoms with Crippen LogP contribution < -0.4 is 5.32 Å². The van der Waals surface area contributed by atoms with Crippen LogP contribution in [0.5, 0.6) is 0 Å². The molecule has 1 saturated carbocycles. The summed E-state index contributed by atoms with van der Waals surface area (Å²) < 4.78 is 0. The summed E-state index contributed by atoms with van der Waals surface area (Å²) >= 11 is 3.30. The highest BCUT2D eigenvalue weighted by Crippen LogP contribution is 2.33. The molecule has 2 aromatic rings. The van der Waals surface area contributed by atoms with E-state index in [1.54, 1.807) is 35.2 Å². The van der Waals surface area contributed by atoms with Crippen LogP contribution in [-0.4, -0.2) is 28.0 Å². The van der Waals surface area contributed by atoms with Crippen molar-refractivity contribution >= 4 is 35.0 Å². The van der Waals surface area contributed by atoms with Gasteiger partial charge in [0.2, 0.25) is 0 Å². The van der Waals surface area contributed by atoms with Crippen molar-refractivity contribution in [1.29, 1.82) is 0 Å². The zero-order valence-corrected chi connectivity index (χ0v) is 15.5. The van der Waals surface area contributed by atoms with E-state index in [1.165, 1.54) is 0 Å². The number of carboxylic acid groups (broad SMARTS) is 1. The van der Waals surface area contributed by atoms with E-state index in [0.29, 0.717) is 17.9 Å². The largest absolute Gasteiger partial charge is 0.480 e. The summed E-state index contributed by atoms with van der Waals surface area (Å²) in [5, 5.41) is 15.0. The van der Waals surface area contributed by atoms with Gasteiger partial charge in [0.15, 0.2) is 0 Å². The maximum Gasteiger partial charge on any atom is 0.326 e. The van der Waals surface area contributed by atoms with Gasteiger partial charge >= 0.3 is 5.97 Å². The van der Waals surface area contributed by atoms with Gasteiger partial charge in [-0.3, -0.25) is 4.79 Å². The first-order valence-electron chi connectivity index (χ1n) is 8.19. The molecular weight excluding hydrogens is 356 g/mol. The molecule has 1 amide bonds. The van der Waals surface area contributed by atoms with Gasteiger partial charge in [-0.1, -0.05) is 12.8 Å². The number of nitrogens with zero attached hydrogens (tertiary/aromatic N) is 1. The van der Waals surface area contributed by atoms with Gasteiger partial charge in [0.25, 0.3) is 5.91 Å². The molecule has 1 aliphatic rings. The minimum atomic E-state index is -0.967. The Labute approximate surface area is 154 Å². The Morgan fingerprint density at radius 3 is 2.64 bits per heavy atom. The number of carboxylic acids is 1. The molecule has 7 heteroatoms. The molecule has 1 fully saturated rings. The molecule has 0 aliphatic heterocycles. The van der Waals surface area contributed by atoms with Crippen molar-refractivity contribution in [3.8, 4) is 0 Å². The molecule has 1 atom stereocenters. The molecule has 0 bridgehead atoms. The number of hydrogen-bond acceptors (Lipinski definition) is 5. The highest BCUT2D eigenvalue weighted by Gasteiger charge is 2.30. The maximum absolute atomic E-state index is 12.3. The molecule has 5 nitrogen and oxygen atoms in total. The summed E-state index contributed by atoms with van der Waals surface area (Å²) in [4.78, 5) is 29.0. The molecule has 0 saturated heterocycles. The van der Waals surface area contributed by atoms with Crippen LogP contribution in [0.3, 0.4) is 0 Å². The third kappa shape index (κ3) is 5.31. The van der Waals surface area contributed by atoms with Crippen molar-refractivity contribution in [2.45, 2.75) is 42.9 Å². The van der Waals surface area contributed by atoms with E-state index in [0.717, 1.165) is 34.2 Å². The quantitative estimate of drug-likeness (QED) is 0.686. The number of aliphatic carboxylic acids is 1. The number of hydrogen-bond donors (Lipinski definition) is 2. The first kappa shape index (κ1) is 17.9. The molecule has 1 aromatic heterocycles. The third-order valence-corrected chi connectivity index (χ3v) is 5.91. The van der Waals surface area contributed by atoms with Gasteiger partial charge in [-0.25, -0.2) is 9.78 Å². The Hall–Kier alpha value is -1.86. The van der Waals surface area contributed by atoms with E-state index >= 15 is 0 Å². The number of thiazole rings is 1. The van der Waals surface area contributed by atoms with Gasteiger partial charge < -0.3 is 10.4 Å². The van der Waals surface area contributed by atoms with Gasteiger partial charge in [-0.05, 0) is 43.5 Å². The summed E-state index contributed by atoms with van der Waals surface area (Å²) in [6.07, 6.45) is 2.64. The van der Waals surface area contributed by atoms with E-state index in [-0.39, 0.29) is 5.91 Å². The molecule has 1 unspecified atom stereocenters. The zero-order chi connectivity index (χ0) is 17.8. The van der Waals surface area contributed by atoms with Gasteiger partial charge in [-0.15, -0.1) is 23.1 Å². The minimum Gasteiger partial charge on any atom is -0.480 e. The van der Waals surface area contributed by atoms with E-state index in [9.17, 15) is 14.7 Å². The standard InChI is InChI=1S/C18H20N2O3S2/c1-11-19-14(9-24-11)10-25-15-6-4-13(5-7-15)17(21)20-16(18(22)23)8-12-2-3-12/h4-7,9,12,16H,2-3,8,10H2,1H3,(H,20,21)(H,22,23). The molecule has 3 rings (SSSR count). The number of nitrogens with one attached hydrogen (secondary N) is 1. The third-order valence-electron chi connectivity index (χ3n) is 4.04. The Bertz CT molecular complexity index is 754. The van der Waals surface area contributed by atoms with Gasteiger partial charge in [0.1, 0.15) is 6.04 Å². The Morgan fingerprint density at radius 1 is 1.36 bits per heavy atom. The van der Waals surface area contributed by atoms with Crippen LogP contribution in [0.25, 0.3) is 0 Å². The number of aryl methyl sites for hydroxylation is 1. The fraction of sp³-hybridized carbons (Fsp3) is 0.389. The van der Waals surface area contributed by atoms with E-state index in [4.69, 9.17) is 0 Å². The monoisotopic (exact) mass is 376 g/mol. The van der Waals surface area contributed by atoms with Gasteiger partial charge in [0, 0.05) is 21.6 Å². The second-order valence-electron chi connectivity index (χ2n) is 6.21. The number of aromatic nitrogens is 1. The lowest BCUT2D eigenvalue weighted by Gasteiger charge is -2.14. The smallest absolute Gasteiger partial charge is 0.326 e. The molecule has 1 heterocycles. The molecule has 132 valence electrons. The molecule has 2 N–H and O–H groups in total. The second kappa shape index (κ2) is 8.01. The molecule has 0 spiro atoms. The highest BCUT2D eigenvalue weighted by molar-refractivity contribution is 7.98. The van der Waals surface area contributed by atoms with E-state index in [2.05, 4.69) is 15.7 Å². The Morgan fingerprint density at radius 2 is 2.08 bits per heavy atom. The van der Waals surface area contributed by atoms with E-state index in [1.807, 2.05) is 19.1 Å². The molecule has 0 radical (unpaired) electrons. The van der Waals surface area contributed by atoms with Crippen molar-refractivity contribution in [3.63, 3.8) is 0 Å². The lowest BCUT2D eigenvalue weighted by molar-refractivity contribution is -0.139. The summed E-state index contributed by atoms with van der Waals surface area (Å²) in [6, 6.07) is 6.44. The number of amides is 1. The molecular formula is C18H20N2O3S2. The van der Waals surface area contributed by atoms with Gasteiger partial charge in [0.05, 0.1) is 10.7 Å². The summed E-state index contributed by atoms with van der Waals surface area (Å²) in [7, 11) is 0. The second-order valence-corrected chi connectivity index (χ2v) is 8.33. The summed E-state index contributed by atoms with van der Waals surface area (Å²) in [5.74, 6) is -0.0709. The number of benzene rings is 1. The van der Waals surface area contributed by atoms with Crippen molar-refractivity contribution < 1.29 is 14.7 Å². The maximum atomic E-state index is 12.3. The van der Waals surface area contributed by atoms with Crippen LogP contribution in [0.1, 0.15) is 40.3 Å². The number of rotatable bonds is 8. The van der Waals surface area contributed by atoms with Crippen LogP contribution in [-0.2, 0) is 10.5 Å². The number of thioether (sulfide) groups is 1. The van der Waals surface area contributed by atoms with Crippen molar-refractivity contribution in [2.75, 3.05) is 0 Å². The minimum absolute atomic E-state index is 0.334. The zero-order valence-electron chi connectivity index (χ0n) is 13.9. The van der Waals surface area contributed by atoms with Crippen molar-refractivity contribution in [1.82, 2.24) is 10.3 Å². The summed E-state index contributed by atoms with van der Waals surface area (Å²) in [6.45, 7) is 1.99. The topological polar surface area (TPSA) is 79.3 Å². The number of carbonyl (C=O) groups is 2. The lowest BCUT2D eigenvalue weighted by atomic mass is 10.1. The summed E-state index contributed by atoms with van der Waals surface area (Å²) in [5.41, 5.74) is 1.54. The SMILES string of the molecule is Cc1nc(CSc2ccc(C(=O)NC(CC3CC3)C(=O)O)cc2)cs1. The van der Waals surface area contributed by atoms with Gasteiger partial charge in [-0.2, -0.15) is 0 Å². The predicted molar refractivity (Wildman–Crippen MR) is 99.1 cm³/mol. The van der Waals surface area contributed by atoms with Crippen LogP contribution in [0.15, 0.2) is 34.5 Å². The highest BCUT2D eigenvalue weighted by atomic mass is 32.2. The fourth-order valence-corrected chi connectivity index (χ4v) is 3.99. The predicted octanol–water partition coefficient (Wildman–Crippen LogP) is 3.73. The lowest BCUT2D eigenvalue weighted by Crippen LogP contribution is -2.41. The van der Waals surface area contributed by atoms with Crippen LogP contribution in [0.4, 0.5) is 0 Å². The van der Waals surface area contributed by atoms with Crippen molar-refractivity contribution in [2.24, 2.45) is 5.92 Å². The first-order chi connectivity index (χ1) is 12.0. The van der Waals surface area contributed by atoms with Crippen LogP contribution in [0.2, 0.25) is 0 Å². The molecule has 1 aliphatic carbocycles. The Kier molecular flexibility index (Phi) is 5.75. The van der Waals surface area contributed by atoms with Crippen LogP contribution >= 0.6 is 23.1 Å². The molecule has 1 aromatic carbocycles. The molecule has 25 heavy (non-hydrogen) atoms. The van der Waals surface area contributed by atoms with Crippen molar-refractivity contribution in [3.05, 3.63) is 45.9 Å². The van der Waals surface area contributed by atoms with E-state index < -0.39 is 12.0 Å². The normalized spacial score (nSPS) is 14.9. The average Bonchev–Trinajstić information content (AvgIpc) is 3.32. The van der Waals surface area contributed by atoms with Crippen LogP contribution in [0, 0.1) is 12.8 Å². The fourth-order valence-electron chi connectivity index (χ4n) is 2.48.